The van der Waals surface area contributed by atoms with E-state index in [0.29, 0.717) is 22.9 Å². The molecule has 1 aromatic carbocycles. The normalized spacial score (nSPS) is 24.2. The second-order valence-corrected chi connectivity index (χ2v) is 6.38. The van der Waals surface area contributed by atoms with Gasteiger partial charge in [0.2, 0.25) is 0 Å². The van der Waals surface area contributed by atoms with Crippen LogP contribution in [0.5, 0.6) is 0 Å². The van der Waals surface area contributed by atoms with Gasteiger partial charge in [-0.3, -0.25) is 0 Å². The fourth-order valence-corrected chi connectivity index (χ4v) is 4.07. The lowest BCUT2D eigenvalue weighted by Gasteiger charge is -2.24. The van der Waals surface area contributed by atoms with Gasteiger partial charge in [-0.1, -0.05) is 18.0 Å². The van der Waals surface area contributed by atoms with Gasteiger partial charge in [-0.15, -0.1) is 0 Å². The fourth-order valence-electron chi connectivity index (χ4n) is 3.72. The van der Waals surface area contributed by atoms with Crippen LogP contribution in [0.4, 0.5) is 11.4 Å². The van der Waals surface area contributed by atoms with Gasteiger partial charge in [-0.2, -0.15) is 0 Å². The molecule has 0 amide bonds. The van der Waals surface area contributed by atoms with Crippen LogP contribution in [0.3, 0.4) is 0 Å². The zero-order valence-corrected chi connectivity index (χ0v) is 13.0. The molecular weight excluding hydrogens is 288 g/mol. The predicted octanol–water partition coefficient (Wildman–Crippen LogP) is 3.34. The van der Waals surface area contributed by atoms with Gasteiger partial charge in [0.25, 0.3) is 0 Å². The summed E-state index contributed by atoms with van der Waals surface area (Å²) < 4.78 is 5.15. The molecule has 21 heavy (non-hydrogen) atoms. The van der Waals surface area contributed by atoms with E-state index in [9.17, 15) is 4.79 Å². The Kier molecular flexibility index (Phi) is 3.98. The number of nitrogens with zero attached hydrogens (tertiary/aromatic N) is 1. The second kappa shape index (κ2) is 5.76. The molecular formula is C16H21ClN2O2. The first-order chi connectivity index (χ1) is 10.1. The summed E-state index contributed by atoms with van der Waals surface area (Å²) in [4.78, 5) is 14.4. The molecule has 3 rings (SSSR count). The van der Waals surface area contributed by atoms with Gasteiger partial charge in [-0.05, 0) is 43.7 Å². The van der Waals surface area contributed by atoms with E-state index in [2.05, 4.69) is 4.90 Å². The summed E-state index contributed by atoms with van der Waals surface area (Å²) in [6.07, 6.45) is 3.88. The van der Waals surface area contributed by atoms with Crippen LogP contribution < -0.4 is 10.6 Å². The Balaban J connectivity index is 1.95. The minimum absolute atomic E-state index is 0.343. The Labute approximate surface area is 130 Å². The number of carbonyl (C=O) groups is 1. The van der Waals surface area contributed by atoms with Crippen molar-refractivity contribution in [1.29, 1.82) is 0 Å². The van der Waals surface area contributed by atoms with Crippen molar-refractivity contribution in [2.75, 3.05) is 30.3 Å². The van der Waals surface area contributed by atoms with E-state index < -0.39 is 0 Å². The Morgan fingerprint density at radius 3 is 2.67 bits per heavy atom. The van der Waals surface area contributed by atoms with Crippen molar-refractivity contribution in [1.82, 2.24) is 0 Å². The number of fused-ring (bicyclic) bond motifs is 1. The number of benzene rings is 1. The SMILES string of the molecule is CCOC(=O)c1cc(N)cc(Cl)c1N1CC2CCCC2C1. The maximum atomic E-state index is 12.2. The highest BCUT2D eigenvalue weighted by Gasteiger charge is 2.38. The van der Waals surface area contributed by atoms with Gasteiger partial charge in [0.1, 0.15) is 0 Å². The molecule has 2 atom stereocenters. The van der Waals surface area contributed by atoms with Crippen LogP contribution in [0.1, 0.15) is 36.5 Å². The second-order valence-electron chi connectivity index (χ2n) is 5.98. The summed E-state index contributed by atoms with van der Waals surface area (Å²) in [5.41, 5.74) is 7.61. The summed E-state index contributed by atoms with van der Waals surface area (Å²) >= 11 is 6.39. The number of halogens is 1. The van der Waals surface area contributed by atoms with Gasteiger partial charge in [0, 0.05) is 18.8 Å². The Bertz CT molecular complexity index is 549. The Morgan fingerprint density at radius 1 is 1.38 bits per heavy atom. The van der Waals surface area contributed by atoms with Gasteiger partial charge in [0.05, 0.1) is 22.9 Å². The highest BCUT2D eigenvalue weighted by Crippen LogP contribution is 2.43. The first kappa shape index (κ1) is 14.5. The Morgan fingerprint density at radius 2 is 2.05 bits per heavy atom. The van der Waals surface area contributed by atoms with Crippen LogP contribution in [-0.4, -0.2) is 25.7 Å². The van der Waals surface area contributed by atoms with E-state index in [4.69, 9.17) is 22.1 Å². The minimum atomic E-state index is -0.348. The van der Waals surface area contributed by atoms with Crippen LogP contribution >= 0.6 is 11.6 Å². The lowest BCUT2D eigenvalue weighted by atomic mass is 10.0. The first-order valence-electron chi connectivity index (χ1n) is 7.61. The third-order valence-corrected chi connectivity index (χ3v) is 4.91. The average molecular weight is 309 g/mol. The minimum Gasteiger partial charge on any atom is -0.462 e. The molecule has 5 heteroatoms. The van der Waals surface area contributed by atoms with Crippen LogP contribution in [0.15, 0.2) is 12.1 Å². The predicted molar refractivity (Wildman–Crippen MR) is 84.9 cm³/mol. The number of anilines is 2. The number of rotatable bonds is 3. The molecule has 2 unspecified atom stereocenters. The summed E-state index contributed by atoms with van der Waals surface area (Å²) in [5, 5.41) is 0.540. The zero-order valence-electron chi connectivity index (χ0n) is 12.3. The van der Waals surface area contributed by atoms with Gasteiger partial charge in [0.15, 0.2) is 0 Å². The summed E-state index contributed by atoms with van der Waals surface area (Å²) in [6.45, 7) is 4.09. The van der Waals surface area contributed by atoms with E-state index in [1.807, 2.05) is 0 Å². The zero-order chi connectivity index (χ0) is 15.0. The molecule has 0 bridgehead atoms. The molecule has 2 aliphatic rings. The number of hydrogen-bond acceptors (Lipinski definition) is 4. The van der Waals surface area contributed by atoms with E-state index in [-0.39, 0.29) is 5.97 Å². The molecule has 1 heterocycles. The summed E-state index contributed by atoms with van der Waals surface area (Å²) in [6, 6.07) is 3.39. The summed E-state index contributed by atoms with van der Waals surface area (Å²) in [5.74, 6) is 1.11. The molecule has 0 spiro atoms. The van der Waals surface area contributed by atoms with E-state index in [0.717, 1.165) is 30.6 Å². The number of ether oxygens (including phenoxy) is 1. The lowest BCUT2D eigenvalue weighted by molar-refractivity contribution is 0.0527. The van der Waals surface area contributed by atoms with E-state index in [1.165, 1.54) is 19.3 Å². The highest BCUT2D eigenvalue weighted by molar-refractivity contribution is 6.34. The number of nitrogens with two attached hydrogens (primary N) is 1. The molecule has 114 valence electrons. The van der Waals surface area contributed by atoms with Crippen molar-refractivity contribution in [3.05, 3.63) is 22.7 Å². The van der Waals surface area contributed by atoms with Gasteiger partial charge >= 0.3 is 5.97 Å². The molecule has 4 nitrogen and oxygen atoms in total. The van der Waals surface area contributed by atoms with Crippen molar-refractivity contribution in [2.45, 2.75) is 26.2 Å². The van der Waals surface area contributed by atoms with Crippen LogP contribution in [0.25, 0.3) is 0 Å². The topological polar surface area (TPSA) is 55.6 Å². The first-order valence-corrected chi connectivity index (χ1v) is 7.99. The maximum absolute atomic E-state index is 12.2. The fraction of sp³-hybridized carbons (Fsp3) is 0.562. The molecule has 1 aliphatic carbocycles. The highest BCUT2D eigenvalue weighted by atomic mass is 35.5. The number of carbonyl (C=O) groups excluding carboxylic acids is 1. The molecule has 1 saturated heterocycles. The lowest BCUT2D eigenvalue weighted by Crippen LogP contribution is -2.24. The van der Waals surface area contributed by atoms with Crippen molar-refractivity contribution < 1.29 is 9.53 Å². The standard InChI is InChI=1S/C16H21ClN2O2/c1-2-21-16(20)13-6-12(18)7-14(17)15(13)19-8-10-4-3-5-11(10)9-19/h6-7,10-11H,2-5,8-9,18H2,1H3. The number of nitrogen functional groups attached to an aromatic ring is 1. The molecule has 1 aromatic rings. The van der Waals surface area contributed by atoms with Crippen molar-refractivity contribution in [3.63, 3.8) is 0 Å². The molecule has 2 N–H and O–H groups in total. The number of hydrogen-bond donors (Lipinski definition) is 1. The monoisotopic (exact) mass is 308 g/mol. The van der Waals surface area contributed by atoms with Crippen molar-refractivity contribution in [2.24, 2.45) is 11.8 Å². The largest absolute Gasteiger partial charge is 0.462 e. The van der Waals surface area contributed by atoms with Gasteiger partial charge in [-0.25, -0.2) is 4.79 Å². The maximum Gasteiger partial charge on any atom is 0.340 e. The van der Waals surface area contributed by atoms with E-state index >= 15 is 0 Å². The quantitative estimate of drug-likeness (QED) is 0.687. The Hall–Kier alpha value is -1.42. The molecule has 1 saturated carbocycles. The van der Waals surface area contributed by atoms with E-state index in [1.54, 1.807) is 19.1 Å². The van der Waals surface area contributed by atoms with Gasteiger partial charge < -0.3 is 15.4 Å². The molecule has 2 fully saturated rings. The molecule has 0 radical (unpaired) electrons. The summed E-state index contributed by atoms with van der Waals surface area (Å²) in [7, 11) is 0. The molecule has 1 aliphatic heterocycles. The van der Waals surface area contributed by atoms with Crippen LogP contribution in [-0.2, 0) is 4.74 Å². The number of esters is 1. The van der Waals surface area contributed by atoms with Crippen LogP contribution in [0.2, 0.25) is 5.02 Å². The smallest absolute Gasteiger partial charge is 0.340 e. The van der Waals surface area contributed by atoms with Crippen molar-refractivity contribution >= 4 is 28.9 Å². The average Bonchev–Trinajstić information content (AvgIpc) is 2.98. The van der Waals surface area contributed by atoms with Crippen LogP contribution in [0, 0.1) is 11.8 Å². The molecule has 0 aromatic heterocycles. The van der Waals surface area contributed by atoms with Crippen molar-refractivity contribution in [3.8, 4) is 0 Å². The third kappa shape index (κ3) is 2.69. The third-order valence-electron chi connectivity index (χ3n) is 4.62.